The average molecular weight is 513 g/mol. The Hall–Kier alpha value is -3.73. The molecule has 0 spiro atoms. The minimum Gasteiger partial charge on any atom is -0.376 e. The highest BCUT2D eigenvalue weighted by atomic mass is 19.1. The normalized spacial score (nSPS) is 16.4. The molecule has 37 heavy (non-hydrogen) atoms. The van der Waals surface area contributed by atoms with Crippen molar-refractivity contribution in [3.63, 3.8) is 0 Å². The number of halogens is 2. The molecule has 1 aliphatic rings. The Balaban J connectivity index is 1.64. The number of hydrogen-bond acceptors (Lipinski definition) is 6. The van der Waals surface area contributed by atoms with E-state index in [2.05, 4.69) is 20.7 Å². The van der Waals surface area contributed by atoms with Crippen LogP contribution in [0.2, 0.25) is 0 Å². The van der Waals surface area contributed by atoms with E-state index in [9.17, 15) is 18.4 Å². The standard InChI is InChI=1S/C26H30F2N6O3/c1-26(2,3)29-25(36)23(17-6-10-19(27)11-7-17)33(15-21-5-4-14-37-21)22(35)16-34-31-24(30-32-34)18-8-12-20(28)13-9-18/h6-13,21,23H,4-5,14-16H2,1-3H3,(H,29,36). The number of amides is 2. The molecule has 196 valence electrons. The molecular formula is C26H30F2N6O3. The molecule has 0 bridgehead atoms. The Morgan fingerprint density at radius 2 is 1.76 bits per heavy atom. The van der Waals surface area contributed by atoms with Gasteiger partial charge in [-0.2, -0.15) is 4.80 Å². The molecule has 2 unspecified atom stereocenters. The van der Waals surface area contributed by atoms with Crippen molar-refractivity contribution in [2.24, 2.45) is 0 Å². The maximum atomic E-state index is 13.7. The molecule has 2 heterocycles. The maximum absolute atomic E-state index is 13.7. The van der Waals surface area contributed by atoms with E-state index in [0.717, 1.165) is 17.6 Å². The molecule has 1 fully saturated rings. The van der Waals surface area contributed by atoms with Crippen molar-refractivity contribution >= 4 is 11.8 Å². The number of tetrazole rings is 1. The van der Waals surface area contributed by atoms with Crippen LogP contribution in [-0.2, 0) is 20.9 Å². The van der Waals surface area contributed by atoms with Gasteiger partial charge >= 0.3 is 0 Å². The maximum Gasteiger partial charge on any atom is 0.247 e. The molecule has 4 rings (SSSR count). The van der Waals surface area contributed by atoms with Crippen LogP contribution >= 0.6 is 0 Å². The Morgan fingerprint density at radius 1 is 1.11 bits per heavy atom. The van der Waals surface area contributed by atoms with Gasteiger partial charge in [0.15, 0.2) is 0 Å². The number of aromatic nitrogens is 4. The van der Waals surface area contributed by atoms with Gasteiger partial charge in [-0.05, 0) is 80.8 Å². The largest absolute Gasteiger partial charge is 0.376 e. The highest BCUT2D eigenvalue weighted by Crippen LogP contribution is 2.26. The van der Waals surface area contributed by atoms with Crippen LogP contribution in [0.4, 0.5) is 8.78 Å². The number of ether oxygens (including phenoxy) is 1. The van der Waals surface area contributed by atoms with Gasteiger partial charge in [0.25, 0.3) is 0 Å². The van der Waals surface area contributed by atoms with E-state index in [0.29, 0.717) is 17.7 Å². The van der Waals surface area contributed by atoms with E-state index in [1.807, 2.05) is 20.8 Å². The van der Waals surface area contributed by atoms with Crippen molar-refractivity contribution in [2.45, 2.75) is 57.8 Å². The number of nitrogens with one attached hydrogen (secondary N) is 1. The molecule has 1 aliphatic heterocycles. The van der Waals surface area contributed by atoms with Gasteiger partial charge in [-0.3, -0.25) is 9.59 Å². The summed E-state index contributed by atoms with van der Waals surface area (Å²) in [6.45, 7) is 5.98. The molecule has 2 amide bonds. The van der Waals surface area contributed by atoms with Crippen LogP contribution in [0.5, 0.6) is 0 Å². The van der Waals surface area contributed by atoms with Crippen LogP contribution in [-0.4, -0.2) is 61.7 Å². The molecule has 11 heteroatoms. The van der Waals surface area contributed by atoms with Crippen molar-refractivity contribution in [2.75, 3.05) is 13.2 Å². The summed E-state index contributed by atoms with van der Waals surface area (Å²) in [5, 5.41) is 15.1. The minimum absolute atomic E-state index is 0.165. The Labute approximate surface area is 213 Å². The zero-order valence-electron chi connectivity index (χ0n) is 21.0. The molecule has 2 atom stereocenters. The summed E-state index contributed by atoms with van der Waals surface area (Å²) in [4.78, 5) is 29.8. The fourth-order valence-corrected chi connectivity index (χ4v) is 4.15. The summed E-state index contributed by atoms with van der Waals surface area (Å²) in [5.74, 6) is -1.44. The van der Waals surface area contributed by atoms with Gasteiger partial charge in [0, 0.05) is 24.3 Å². The lowest BCUT2D eigenvalue weighted by Gasteiger charge is -2.34. The van der Waals surface area contributed by atoms with Gasteiger partial charge in [0.2, 0.25) is 17.6 Å². The van der Waals surface area contributed by atoms with Gasteiger partial charge < -0.3 is 15.0 Å². The van der Waals surface area contributed by atoms with Crippen LogP contribution in [0.3, 0.4) is 0 Å². The Bertz CT molecular complexity index is 1220. The van der Waals surface area contributed by atoms with Gasteiger partial charge in [-0.25, -0.2) is 8.78 Å². The molecule has 3 aromatic rings. The average Bonchev–Trinajstić information content (AvgIpc) is 3.51. The predicted octanol–water partition coefficient (Wildman–Crippen LogP) is 3.28. The molecule has 0 radical (unpaired) electrons. The Morgan fingerprint density at radius 3 is 2.35 bits per heavy atom. The fourth-order valence-electron chi connectivity index (χ4n) is 4.15. The third-order valence-corrected chi connectivity index (χ3v) is 5.82. The van der Waals surface area contributed by atoms with Gasteiger partial charge in [0.1, 0.15) is 24.2 Å². The van der Waals surface area contributed by atoms with Crippen LogP contribution in [0.25, 0.3) is 11.4 Å². The predicted molar refractivity (Wildman–Crippen MR) is 131 cm³/mol. The smallest absolute Gasteiger partial charge is 0.247 e. The second kappa shape index (κ2) is 11.1. The summed E-state index contributed by atoms with van der Waals surface area (Å²) in [5.41, 5.74) is 0.448. The molecule has 0 aliphatic carbocycles. The van der Waals surface area contributed by atoms with Crippen LogP contribution in [0.1, 0.15) is 45.2 Å². The number of carbonyl (C=O) groups is 2. The number of rotatable bonds is 8. The highest BCUT2D eigenvalue weighted by molar-refractivity contribution is 5.89. The van der Waals surface area contributed by atoms with Crippen molar-refractivity contribution in [1.29, 1.82) is 0 Å². The molecule has 1 aromatic heterocycles. The van der Waals surface area contributed by atoms with Gasteiger partial charge in [-0.15, -0.1) is 10.2 Å². The fraction of sp³-hybridized carbons (Fsp3) is 0.423. The quantitative estimate of drug-likeness (QED) is 0.497. The summed E-state index contributed by atoms with van der Waals surface area (Å²) < 4.78 is 32.8. The van der Waals surface area contributed by atoms with Gasteiger partial charge in [0.05, 0.1) is 6.10 Å². The number of nitrogens with zero attached hydrogens (tertiary/aromatic N) is 5. The van der Waals surface area contributed by atoms with Crippen molar-refractivity contribution < 1.29 is 23.1 Å². The second-order valence-corrected chi connectivity index (χ2v) is 10.0. The molecule has 9 nitrogen and oxygen atoms in total. The molecular weight excluding hydrogens is 482 g/mol. The third-order valence-electron chi connectivity index (χ3n) is 5.82. The zero-order valence-corrected chi connectivity index (χ0v) is 21.0. The summed E-state index contributed by atoms with van der Waals surface area (Å²) in [6.07, 6.45) is 1.36. The molecule has 1 saturated heterocycles. The lowest BCUT2D eigenvalue weighted by Crippen LogP contribution is -2.51. The monoisotopic (exact) mass is 512 g/mol. The van der Waals surface area contributed by atoms with E-state index < -0.39 is 35.0 Å². The van der Waals surface area contributed by atoms with Crippen molar-refractivity contribution in [3.05, 3.63) is 65.7 Å². The topological polar surface area (TPSA) is 102 Å². The van der Waals surface area contributed by atoms with Crippen LogP contribution in [0.15, 0.2) is 48.5 Å². The van der Waals surface area contributed by atoms with Gasteiger partial charge in [-0.1, -0.05) is 12.1 Å². The molecule has 1 N–H and O–H groups in total. The zero-order chi connectivity index (χ0) is 26.6. The van der Waals surface area contributed by atoms with Crippen molar-refractivity contribution in [3.8, 4) is 11.4 Å². The summed E-state index contributed by atoms with van der Waals surface area (Å²) in [6, 6.07) is 10.1. The SMILES string of the molecule is CC(C)(C)NC(=O)C(c1ccc(F)cc1)N(CC1CCCO1)C(=O)Cn1nnc(-c2ccc(F)cc2)n1. The first-order chi connectivity index (χ1) is 17.6. The summed E-state index contributed by atoms with van der Waals surface area (Å²) in [7, 11) is 0. The number of carbonyl (C=O) groups excluding carboxylic acids is 2. The highest BCUT2D eigenvalue weighted by Gasteiger charge is 2.36. The molecule has 2 aromatic carbocycles. The van der Waals surface area contributed by atoms with Crippen LogP contribution < -0.4 is 5.32 Å². The number of hydrogen-bond donors (Lipinski definition) is 1. The van der Waals surface area contributed by atoms with E-state index in [1.165, 1.54) is 53.4 Å². The van der Waals surface area contributed by atoms with Crippen LogP contribution in [0, 0.1) is 11.6 Å². The van der Waals surface area contributed by atoms with E-state index in [4.69, 9.17) is 4.74 Å². The summed E-state index contributed by atoms with van der Waals surface area (Å²) >= 11 is 0. The second-order valence-electron chi connectivity index (χ2n) is 10.0. The van der Waals surface area contributed by atoms with Crippen molar-refractivity contribution in [1.82, 2.24) is 30.4 Å². The lowest BCUT2D eigenvalue weighted by atomic mass is 10.0. The van der Waals surface area contributed by atoms with E-state index in [-0.39, 0.29) is 25.0 Å². The Kier molecular flexibility index (Phi) is 7.91. The first-order valence-electron chi connectivity index (χ1n) is 12.1. The van der Waals surface area contributed by atoms with E-state index in [1.54, 1.807) is 0 Å². The van der Waals surface area contributed by atoms with E-state index >= 15 is 0 Å². The molecule has 0 saturated carbocycles. The minimum atomic E-state index is -1.03. The number of benzene rings is 2. The first-order valence-corrected chi connectivity index (χ1v) is 12.1. The first kappa shape index (κ1) is 26.3. The third kappa shape index (κ3) is 6.94. The lowest BCUT2D eigenvalue weighted by molar-refractivity contribution is -0.144.